The molecule has 0 saturated heterocycles. The molecule has 8 heteroatoms. The normalized spacial score (nSPS) is 11.2. The van der Waals surface area contributed by atoms with Gasteiger partial charge in [0.05, 0.1) is 33.4 Å². The van der Waals surface area contributed by atoms with Gasteiger partial charge in [-0.15, -0.1) is 0 Å². The van der Waals surface area contributed by atoms with E-state index in [1.54, 1.807) is 36.4 Å². The molecule has 0 heterocycles. The Hall–Kier alpha value is -3.55. The minimum absolute atomic E-state index is 0.0988. The molecular weight excluding hydrogens is 390 g/mol. The minimum atomic E-state index is -1.06. The molecule has 0 aliphatic carbocycles. The van der Waals surface area contributed by atoms with Crippen molar-refractivity contribution in [1.29, 1.82) is 0 Å². The van der Waals surface area contributed by atoms with Crippen LogP contribution in [0, 0.1) is 0 Å². The lowest BCUT2D eigenvalue weighted by Gasteiger charge is -2.16. The van der Waals surface area contributed by atoms with Gasteiger partial charge in [-0.2, -0.15) is 0 Å². The Bertz CT molecular complexity index is 914. The third kappa shape index (κ3) is 5.50. The molecule has 2 rings (SSSR count). The van der Waals surface area contributed by atoms with E-state index < -0.39 is 18.0 Å². The van der Waals surface area contributed by atoms with E-state index >= 15 is 0 Å². The Labute approximate surface area is 175 Å². The molecule has 0 bridgehead atoms. The van der Waals surface area contributed by atoms with E-state index in [-0.39, 0.29) is 12.2 Å². The van der Waals surface area contributed by atoms with Crippen molar-refractivity contribution < 1.29 is 33.3 Å². The van der Waals surface area contributed by atoms with E-state index in [1.165, 1.54) is 35.2 Å². The van der Waals surface area contributed by atoms with Crippen LogP contribution in [0.5, 0.6) is 17.2 Å². The third-order valence-corrected chi connectivity index (χ3v) is 4.31. The molecular formula is C22H25NO7. The molecule has 1 unspecified atom stereocenters. The number of hydrogen-bond donors (Lipinski definition) is 1. The number of carbonyl (C=O) groups excluding carboxylic acids is 3. The van der Waals surface area contributed by atoms with Gasteiger partial charge in [0.25, 0.3) is 5.91 Å². The number of hydrogen-bond acceptors (Lipinski definition) is 7. The number of anilines is 1. The summed E-state index contributed by atoms with van der Waals surface area (Å²) in [5, 5.41) is 2.62. The van der Waals surface area contributed by atoms with E-state index in [2.05, 4.69) is 5.32 Å². The van der Waals surface area contributed by atoms with Crippen LogP contribution in [0.3, 0.4) is 0 Å². The summed E-state index contributed by atoms with van der Waals surface area (Å²) >= 11 is 0. The van der Waals surface area contributed by atoms with Gasteiger partial charge in [-0.1, -0.05) is 12.1 Å². The number of nitrogens with one attached hydrogen (secondary N) is 1. The smallest absolute Gasteiger partial charge is 0.311 e. The molecule has 1 N–H and O–H groups in total. The van der Waals surface area contributed by atoms with E-state index in [4.69, 9.17) is 18.9 Å². The van der Waals surface area contributed by atoms with Crippen molar-refractivity contribution in [1.82, 2.24) is 0 Å². The van der Waals surface area contributed by atoms with E-state index in [0.29, 0.717) is 34.1 Å². The summed E-state index contributed by atoms with van der Waals surface area (Å²) in [4.78, 5) is 36.4. The van der Waals surface area contributed by atoms with Gasteiger partial charge >= 0.3 is 5.97 Å². The molecule has 0 aromatic heterocycles. The average Bonchev–Trinajstić information content (AvgIpc) is 2.72. The number of Topliss-reactive ketones (excluding diaryl/α,β-unsaturated/α-hetero) is 1. The third-order valence-electron chi connectivity index (χ3n) is 4.31. The first-order chi connectivity index (χ1) is 14.3. The number of methoxy groups -OCH3 is 3. The highest BCUT2D eigenvalue weighted by atomic mass is 16.5. The Balaban J connectivity index is 2.06. The van der Waals surface area contributed by atoms with Crippen LogP contribution in [0.2, 0.25) is 0 Å². The monoisotopic (exact) mass is 415 g/mol. The van der Waals surface area contributed by atoms with Gasteiger partial charge in [0, 0.05) is 5.56 Å². The maximum atomic E-state index is 12.4. The molecule has 160 valence electrons. The van der Waals surface area contributed by atoms with Gasteiger partial charge < -0.3 is 24.3 Å². The van der Waals surface area contributed by atoms with Crippen molar-refractivity contribution in [2.45, 2.75) is 26.4 Å². The number of para-hydroxylation sites is 1. The second-order valence-electron chi connectivity index (χ2n) is 6.43. The molecule has 8 nitrogen and oxygen atoms in total. The van der Waals surface area contributed by atoms with Crippen molar-refractivity contribution in [2.24, 2.45) is 0 Å². The van der Waals surface area contributed by atoms with Gasteiger partial charge in [0.15, 0.2) is 23.4 Å². The first-order valence-electron chi connectivity index (χ1n) is 9.19. The highest BCUT2D eigenvalue weighted by molar-refractivity contribution is 6.04. The molecule has 30 heavy (non-hydrogen) atoms. The number of amides is 1. The molecule has 0 fully saturated rings. The second kappa shape index (κ2) is 10.3. The molecule has 0 aliphatic rings. The lowest BCUT2D eigenvalue weighted by atomic mass is 10.1. The Kier molecular flexibility index (Phi) is 7.80. The highest BCUT2D eigenvalue weighted by Gasteiger charge is 2.21. The van der Waals surface area contributed by atoms with Crippen LogP contribution in [-0.4, -0.2) is 45.1 Å². The Morgan fingerprint density at radius 2 is 1.57 bits per heavy atom. The molecule has 2 aromatic rings. The maximum absolute atomic E-state index is 12.4. The summed E-state index contributed by atoms with van der Waals surface area (Å²) in [5.74, 6) is -0.0989. The molecule has 1 atom stereocenters. The fraction of sp³-hybridized carbons (Fsp3) is 0.318. The summed E-state index contributed by atoms with van der Waals surface area (Å²) in [6.07, 6.45) is -1.15. The number of ketones is 1. The largest absolute Gasteiger partial charge is 0.493 e. The van der Waals surface area contributed by atoms with Crippen molar-refractivity contribution in [2.75, 3.05) is 26.6 Å². The zero-order chi connectivity index (χ0) is 22.3. The van der Waals surface area contributed by atoms with Gasteiger partial charge in [-0.05, 0) is 43.7 Å². The van der Waals surface area contributed by atoms with Crippen molar-refractivity contribution in [3.8, 4) is 17.2 Å². The van der Waals surface area contributed by atoms with Gasteiger partial charge in [-0.25, -0.2) is 0 Å². The van der Waals surface area contributed by atoms with Crippen LogP contribution < -0.4 is 19.5 Å². The maximum Gasteiger partial charge on any atom is 0.311 e. The summed E-state index contributed by atoms with van der Waals surface area (Å²) in [6.45, 7) is 2.87. The van der Waals surface area contributed by atoms with Crippen molar-refractivity contribution in [3.05, 3.63) is 47.5 Å². The first-order valence-corrected chi connectivity index (χ1v) is 9.19. The van der Waals surface area contributed by atoms with E-state index in [9.17, 15) is 14.4 Å². The lowest BCUT2D eigenvalue weighted by molar-refractivity contribution is -0.152. The fourth-order valence-electron chi connectivity index (χ4n) is 2.83. The molecule has 0 saturated carbocycles. The standard InChI is InChI=1S/C22H25NO7/c1-13(24)16-8-6-7-9-17(16)23-22(26)14(2)30-20(25)12-15-10-18(27-3)21(29-5)19(11-15)28-4/h6-11,14H,12H2,1-5H3,(H,23,26). The second-order valence-corrected chi connectivity index (χ2v) is 6.43. The Morgan fingerprint density at radius 1 is 0.967 bits per heavy atom. The highest BCUT2D eigenvalue weighted by Crippen LogP contribution is 2.38. The molecule has 0 radical (unpaired) electrons. The first kappa shape index (κ1) is 22.7. The van der Waals surface area contributed by atoms with Crippen LogP contribution in [0.4, 0.5) is 5.69 Å². The predicted molar refractivity (Wildman–Crippen MR) is 110 cm³/mol. The summed E-state index contributed by atoms with van der Waals surface area (Å²) in [5.41, 5.74) is 1.31. The molecule has 1 amide bonds. The molecule has 0 aliphatic heterocycles. The Morgan fingerprint density at radius 3 is 2.10 bits per heavy atom. The number of esters is 1. The topological polar surface area (TPSA) is 100 Å². The quantitative estimate of drug-likeness (QED) is 0.496. The SMILES string of the molecule is COc1cc(CC(=O)OC(C)C(=O)Nc2ccccc2C(C)=O)cc(OC)c1OC. The zero-order valence-electron chi connectivity index (χ0n) is 17.6. The van der Waals surface area contributed by atoms with Crippen LogP contribution in [-0.2, 0) is 20.7 Å². The van der Waals surface area contributed by atoms with Crippen molar-refractivity contribution in [3.63, 3.8) is 0 Å². The van der Waals surface area contributed by atoms with E-state index in [1.807, 2.05) is 0 Å². The van der Waals surface area contributed by atoms with Gasteiger partial charge in [0.2, 0.25) is 5.75 Å². The van der Waals surface area contributed by atoms with Crippen molar-refractivity contribution >= 4 is 23.3 Å². The number of benzene rings is 2. The van der Waals surface area contributed by atoms with Gasteiger partial charge in [-0.3, -0.25) is 14.4 Å². The summed E-state index contributed by atoms with van der Waals surface area (Å²) in [6, 6.07) is 9.89. The number of ether oxygens (including phenoxy) is 4. The molecule has 2 aromatic carbocycles. The van der Waals surface area contributed by atoms with Crippen LogP contribution in [0.25, 0.3) is 0 Å². The predicted octanol–water partition coefficient (Wildman–Crippen LogP) is 3.03. The average molecular weight is 415 g/mol. The van der Waals surface area contributed by atoms with Crippen LogP contribution in [0.1, 0.15) is 29.8 Å². The number of carbonyl (C=O) groups is 3. The summed E-state index contributed by atoms with van der Waals surface area (Å²) in [7, 11) is 4.44. The fourth-order valence-corrected chi connectivity index (χ4v) is 2.83. The summed E-state index contributed by atoms with van der Waals surface area (Å²) < 4.78 is 21.0. The van der Waals surface area contributed by atoms with Crippen LogP contribution >= 0.6 is 0 Å². The van der Waals surface area contributed by atoms with Gasteiger partial charge in [0.1, 0.15) is 0 Å². The molecule has 0 spiro atoms. The minimum Gasteiger partial charge on any atom is -0.493 e. The lowest BCUT2D eigenvalue weighted by Crippen LogP contribution is -2.31. The zero-order valence-corrected chi connectivity index (χ0v) is 17.6. The number of rotatable bonds is 9. The van der Waals surface area contributed by atoms with Crippen LogP contribution in [0.15, 0.2) is 36.4 Å². The van der Waals surface area contributed by atoms with E-state index in [0.717, 1.165) is 0 Å².